The van der Waals surface area contributed by atoms with Crippen LogP contribution in [-0.2, 0) is 6.54 Å². The van der Waals surface area contributed by atoms with Gasteiger partial charge >= 0.3 is 0 Å². The van der Waals surface area contributed by atoms with Crippen LogP contribution >= 0.6 is 0 Å². The molecule has 0 N–H and O–H groups in total. The summed E-state index contributed by atoms with van der Waals surface area (Å²) in [5, 5.41) is 1.71. The van der Waals surface area contributed by atoms with E-state index in [9.17, 15) is 9.18 Å². The molecule has 5 heteroatoms. The number of halogens is 1. The minimum Gasteiger partial charge on any atom is -0.288 e. The molecule has 0 atom stereocenters. The lowest BCUT2D eigenvalue weighted by Crippen LogP contribution is -2.18. The third-order valence-electron chi connectivity index (χ3n) is 6.09. The standard InChI is InChI=1S/C27H18FN3O/c1-16-10-22(6-7-24(16)28)31-26(32)9-5-20-15-30-25-8-4-18(12-23(25)27(20)31)17-2-3-19-13-29-14-21(19)11-17/h2-12,14-15H,13H2,1H3. The number of hydrogen-bond acceptors (Lipinski definition) is 3. The normalized spacial score (nSPS) is 12.6. The zero-order valence-corrected chi connectivity index (χ0v) is 17.3. The Morgan fingerprint density at radius 1 is 0.938 bits per heavy atom. The lowest BCUT2D eigenvalue weighted by Gasteiger charge is -2.14. The van der Waals surface area contributed by atoms with Gasteiger partial charge in [-0.05, 0) is 77.2 Å². The van der Waals surface area contributed by atoms with Crippen LogP contribution in [0.2, 0.25) is 0 Å². The highest BCUT2D eigenvalue weighted by Crippen LogP contribution is 2.31. The molecule has 3 aromatic carbocycles. The van der Waals surface area contributed by atoms with Gasteiger partial charge in [0.1, 0.15) is 5.82 Å². The fourth-order valence-electron chi connectivity index (χ4n) is 4.40. The molecule has 1 aliphatic heterocycles. The summed E-state index contributed by atoms with van der Waals surface area (Å²) < 4.78 is 15.6. The first-order valence-corrected chi connectivity index (χ1v) is 10.4. The average molecular weight is 419 g/mol. The molecule has 0 saturated heterocycles. The molecule has 3 heterocycles. The molecule has 0 amide bonds. The average Bonchev–Trinajstić information content (AvgIpc) is 3.28. The summed E-state index contributed by atoms with van der Waals surface area (Å²) in [5.41, 5.74) is 6.98. The number of benzene rings is 3. The molecular formula is C27H18FN3O. The van der Waals surface area contributed by atoms with E-state index in [0.717, 1.165) is 45.0 Å². The zero-order chi connectivity index (χ0) is 21.8. The number of hydrogen-bond donors (Lipinski definition) is 0. The molecule has 0 spiro atoms. The van der Waals surface area contributed by atoms with Crippen LogP contribution in [0.5, 0.6) is 0 Å². The van der Waals surface area contributed by atoms with Crippen molar-refractivity contribution in [2.75, 3.05) is 0 Å². The lowest BCUT2D eigenvalue weighted by atomic mass is 9.98. The van der Waals surface area contributed by atoms with E-state index in [1.54, 1.807) is 35.9 Å². The van der Waals surface area contributed by atoms with Gasteiger partial charge < -0.3 is 0 Å². The predicted octanol–water partition coefficient (Wildman–Crippen LogP) is 5.59. The van der Waals surface area contributed by atoms with Crippen molar-refractivity contribution in [1.82, 2.24) is 9.55 Å². The number of aryl methyl sites for hydroxylation is 1. The minimum absolute atomic E-state index is 0.171. The van der Waals surface area contributed by atoms with Crippen LogP contribution in [0.4, 0.5) is 4.39 Å². The van der Waals surface area contributed by atoms with Gasteiger partial charge in [0.25, 0.3) is 5.56 Å². The summed E-state index contributed by atoms with van der Waals surface area (Å²) in [4.78, 5) is 21.9. The third kappa shape index (κ3) is 2.86. The second-order valence-corrected chi connectivity index (χ2v) is 8.12. The van der Waals surface area contributed by atoms with Crippen molar-refractivity contribution in [2.45, 2.75) is 13.5 Å². The van der Waals surface area contributed by atoms with Crippen LogP contribution in [-0.4, -0.2) is 15.8 Å². The van der Waals surface area contributed by atoms with Crippen molar-refractivity contribution >= 4 is 28.0 Å². The largest absolute Gasteiger partial charge is 0.288 e. The number of aromatic nitrogens is 2. The Morgan fingerprint density at radius 3 is 2.66 bits per heavy atom. The lowest BCUT2D eigenvalue weighted by molar-refractivity contribution is 0.618. The van der Waals surface area contributed by atoms with Gasteiger partial charge in [-0.25, -0.2) is 4.39 Å². The van der Waals surface area contributed by atoms with E-state index in [1.165, 1.54) is 17.7 Å². The monoisotopic (exact) mass is 419 g/mol. The molecule has 0 unspecified atom stereocenters. The first-order valence-electron chi connectivity index (χ1n) is 10.4. The van der Waals surface area contributed by atoms with Crippen molar-refractivity contribution < 1.29 is 4.39 Å². The first-order chi connectivity index (χ1) is 15.6. The highest BCUT2D eigenvalue weighted by Gasteiger charge is 2.13. The van der Waals surface area contributed by atoms with Gasteiger partial charge in [0.05, 0.1) is 17.6 Å². The highest BCUT2D eigenvalue weighted by molar-refractivity contribution is 6.05. The number of rotatable bonds is 2. The Balaban J connectivity index is 1.66. The molecule has 1 aliphatic rings. The fraction of sp³-hybridized carbons (Fsp3) is 0.0741. The van der Waals surface area contributed by atoms with E-state index < -0.39 is 0 Å². The van der Waals surface area contributed by atoms with Crippen molar-refractivity contribution in [2.24, 2.45) is 4.99 Å². The zero-order valence-electron chi connectivity index (χ0n) is 17.3. The van der Waals surface area contributed by atoms with Crippen LogP contribution in [0, 0.1) is 12.7 Å². The summed E-state index contributed by atoms with van der Waals surface area (Å²) >= 11 is 0. The molecule has 0 saturated carbocycles. The van der Waals surface area contributed by atoms with E-state index in [1.807, 2.05) is 18.3 Å². The number of pyridine rings is 2. The molecule has 154 valence electrons. The minimum atomic E-state index is -0.295. The van der Waals surface area contributed by atoms with E-state index in [-0.39, 0.29) is 11.4 Å². The second-order valence-electron chi connectivity index (χ2n) is 8.12. The molecule has 0 bridgehead atoms. The molecule has 0 radical (unpaired) electrons. The van der Waals surface area contributed by atoms with Crippen LogP contribution < -0.4 is 5.56 Å². The topological polar surface area (TPSA) is 47.2 Å². The molecule has 2 aromatic heterocycles. The molecule has 4 nitrogen and oxygen atoms in total. The van der Waals surface area contributed by atoms with E-state index in [0.29, 0.717) is 11.3 Å². The Bertz CT molecular complexity index is 1650. The summed E-state index contributed by atoms with van der Waals surface area (Å²) in [5.74, 6) is -0.295. The molecular weight excluding hydrogens is 401 g/mol. The van der Waals surface area contributed by atoms with Crippen molar-refractivity contribution in [3.05, 3.63) is 106 Å². The van der Waals surface area contributed by atoms with Gasteiger partial charge in [0.15, 0.2) is 0 Å². The quantitative estimate of drug-likeness (QED) is 0.351. The van der Waals surface area contributed by atoms with Crippen molar-refractivity contribution in [3.63, 3.8) is 0 Å². The van der Waals surface area contributed by atoms with E-state index in [2.05, 4.69) is 34.2 Å². The maximum Gasteiger partial charge on any atom is 0.255 e. The van der Waals surface area contributed by atoms with Crippen LogP contribution in [0.3, 0.4) is 0 Å². The molecule has 0 fully saturated rings. The molecule has 6 rings (SSSR count). The highest BCUT2D eigenvalue weighted by atomic mass is 19.1. The first kappa shape index (κ1) is 18.6. The van der Waals surface area contributed by atoms with E-state index in [4.69, 9.17) is 0 Å². The Labute approximate surface area is 183 Å². The van der Waals surface area contributed by atoms with Crippen LogP contribution in [0.25, 0.3) is 38.6 Å². The summed E-state index contributed by atoms with van der Waals surface area (Å²) in [7, 11) is 0. The van der Waals surface area contributed by atoms with Gasteiger partial charge in [0, 0.05) is 34.9 Å². The summed E-state index contributed by atoms with van der Waals surface area (Å²) in [6.07, 6.45) is 3.68. The van der Waals surface area contributed by atoms with E-state index >= 15 is 0 Å². The van der Waals surface area contributed by atoms with Gasteiger partial charge in [-0.2, -0.15) is 0 Å². The molecule has 0 aliphatic carbocycles. The van der Waals surface area contributed by atoms with Gasteiger partial charge in [0.2, 0.25) is 0 Å². The van der Waals surface area contributed by atoms with Crippen molar-refractivity contribution in [3.8, 4) is 16.8 Å². The van der Waals surface area contributed by atoms with Gasteiger partial charge in [-0.1, -0.05) is 18.2 Å². The predicted molar refractivity (Wildman–Crippen MR) is 126 cm³/mol. The smallest absolute Gasteiger partial charge is 0.255 e. The van der Waals surface area contributed by atoms with Crippen LogP contribution in [0.1, 0.15) is 16.7 Å². The molecule has 32 heavy (non-hydrogen) atoms. The summed E-state index contributed by atoms with van der Waals surface area (Å²) in [6.45, 7) is 2.43. The van der Waals surface area contributed by atoms with Gasteiger partial charge in [-0.15, -0.1) is 0 Å². The second kappa shape index (κ2) is 6.95. The SMILES string of the molecule is Cc1cc(-n2c(=O)ccc3cnc4ccc(-c5ccc6c(c5)C=NC6)cc4c32)ccc1F. The summed E-state index contributed by atoms with van der Waals surface area (Å²) in [6, 6.07) is 20.5. The Morgan fingerprint density at radius 2 is 1.78 bits per heavy atom. The van der Waals surface area contributed by atoms with Gasteiger partial charge in [-0.3, -0.25) is 19.3 Å². The fourth-order valence-corrected chi connectivity index (χ4v) is 4.40. The van der Waals surface area contributed by atoms with Crippen LogP contribution in [0.15, 0.2) is 82.7 Å². The number of aliphatic imine (C=N–C) groups is 1. The Hall–Kier alpha value is -4.12. The number of fused-ring (bicyclic) bond motifs is 4. The molecule has 5 aromatic rings. The Kier molecular flexibility index (Phi) is 4.05. The maximum absolute atomic E-state index is 13.9. The number of nitrogens with zero attached hydrogens (tertiary/aromatic N) is 3. The van der Waals surface area contributed by atoms with Crippen molar-refractivity contribution in [1.29, 1.82) is 0 Å². The third-order valence-corrected chi connectivity index (χ3v) is 6.09. The maximum atomic E-state index is 13.9.